The van der Waals surface area contributed by atoms with Gasteiger partial charge in [-0.05, 0) is 29.1 Å². The monoisotopic (exact) mass is 381 g/mol. The lowest BCUT2D eigenvalue weighted by molar-refractivity contribution is -0.141. The number of thiophene rings is 1. The van der Waals surface area contributed by atoms with Crippen molar-refractivity contribution < 1.29 is 22.7 Å². The Balaban J connectivity index is 2.18. The Morgan fingerprint density at radius 1 is 1.24 bits per heavy atom. The third-order valence-corrected chi connectivity index (χ3v) is 5.25. The minimum absolute atomic E-state index is 0.0196. The normalized spacial score (nSPS) is 12.4. The van der Waals surface area contributed by atoms with E-state index in [0.29, 0.717) is 11.1 Å². The highest BCUT2D eigenvalue weighted by molar-refractivity contribution is 7.89. The number of nitrogens with one attached hydrogen (secondary N) is 1. The summed E-state index contributed by atoms with van der Waals surface area (Å²) in [7, 11) is -1.89. The number of methoxy groups -OCH3 is 1. The summed E-state index contributed by atoms with van der Waals surface area (Å²) in [6.45, 7) is 0. The number of hydrogen-bond acceptors (Lipinski definition) is 6. The van der Waals surface area contributed by atoms with Crippen molar-refractivity contribution in [2.45, 2.75) is 18.2 Å². The molecule has 0 bridgehead atoms. The maximum absolute atomic E-state index is 12.5. The molecule has 0 aliphatic rings. The van der Waals surface area contributed by atoms with Crippen LogP contribution in [0.2, 0.25) is 0 Å². The molecule has 0 aliphatic carbocycles. The Labute approximate surface area is 150 Å². The van der Waals surface area contributed by atoms with Gasteiger partial charge in [0, 0.05) is 16.7 Å². The zero-order valence-corrected chi connectivity index (χ0v) is 15.5. The molecule has 6 nitrogen and oxygen atoms in total. The van der Waals surface area contributed by atoms with Crippen LogP contribution in [0.25, 0.3) is 0 Å². The molecule has 1 aromatic heterocycles. The third-order valence-electron chi connectivity index (χ3n) is 3.41. The number of ether oxygens (including phenoxy) is 1. The van der Waals surface area contributed by atoms with Crippen molar-refractivity contribution in [2.24, 2.45) is 0 Å². The first-order chi connectivity index (χ1) is 11.8. The van der Waals surface area contributed by atoms with Crippen molar-refractivity contribution in [3.8, 4) is 0 Å². The molecule has 1 amide bonds. The van der Waals surface area contributed by atoms with Gasteiger partial charge >= 0.3 is 5.97 Å². The summed E-state index contributed by atoms with van der Waals surface area (Å²) in [6, 6.07) is 9.60. The van der Waals surface area contributed by atoms with Gasteiger partial charge in [0.1, 0.15) is 0 Å². The molecule has 0 saturated heterocycles. The number of benzene rings is 1. The quantitative estimate of drug-likeness (QED) is 0.744. The number of esters is 1. The van der Waals surface area contributed by atoms with Crippen molar-refractivity contribution in [1.82, 2.24) is 5.32 Å². The third kappa shape index (κ3) is 5.99. The molecule has 0 saturated carbocycles. The second kappa shape index (κ2) is 8.26. The highest BCUT2D eigenvalue weighted by Gasteiger charge is 2.21. The molecular weight excluding hydrogens is 362 g/mol. The second-order valence-electron chi connectivity index (χ2n) is 5.59. The highest BCUT2D eigenvalue weighted by Crippen LogP contribution is 2.23. The molecule has 1 atom stereocenters. The van der Waals surface area contributed by atoms with Gasteiger partial charge in [-0.1, -0.05) is 18.2 Å². The van der Waals surface area contributed by atoms with Crippen molar-refractivity contribution >= 4 is 33.1 Å². The molecule has 0 spiro atoms. The van der Waals surface area contributed by atoms with Gasteiger partial charge in [0.05, 0.1) is 25.3 Å². The van der Waals surface area contributed by atoms with Crippen LogP contribution in [0.4, 0.5) is 0 Å². The summed E-state index contributed by atoms with van der Waals surface area (Å²) < 4.78 is 27.5. The number of sulfone groups is 1. The van der Waals surface area contributed by atoms with E-state index in [1.807, 2.05) is 17.5 Å². The lowest BCUT2D eigenvalue weighted by Crippen LogP contribution is -2.30. The fraction of sp³-hybridized carbons (Fsp3) is 0.294. The average Bonchev–Trinajstić information content (AvgIpc) is 3.07. The van der Waals surface area contributed by atoms with Gasteiger partial charge in [0.25, 0.3) is 5.91 Å². The van der Waals surface area contributed by atoms with Crippen LogP contribution in [0.15, 0.2) is 41.8 Å². The summed E-state index contributed by atoms with van der Waals surface area (Å²) in [5.41, 5.74) is 0.878. The zero-order chi connectivity index (χ0) is 18.4. The maximum atomic E-state index is 12.5. The molecule has 1 N–H and O–H groups in total. The Kier molecular flexibility index (Phi) is 6.33. The number of hydrogen-bond donors (Lipinski definition) is 1. The average molecular weight is 381 g/mol. The van der Waals surface area contributed by atoms with Crippen LogP contribution in [0, 0.1) is 0 Å². The molecule has 134 valence electrons. The first-order valence-electron chi connectivity index (χ1n) is 7.46. The largest absolute Gasteiger partial charge is 0.469 e. The van der Waals surface area contributed by atoms with E-state index in [1.165, 1.54) is 18.4 Å². The number of amides is 1. The summed E-state index contributed by atoms with van der Waals surface area (Å²) in [5, 5.41) is 4.67. The molecule has 25 heavy (non-hydrogen) atoms. The van der Waals surface area contributed by atoms with E-state index in [1.54, 1.807) is 24.3 Å². The van der Waals surface area contributed by atoms with E-state index in [0.717, 1.165) is 11.1 Å². The van der Waals surface area contributed by atoms with Crippen molar-refractivity contribution in [2.75, 3.05) is 13.4 Å². The van der Waals surface area contributed by atoms with Crippen LogP contribution in [-0.4, -0.2) is 33.7 Å². The lowest BCUT2D eigenvalue weighted by Gasteiger charge is -2.16. The van der Waals surface area contributed by atoms with Crippen molar-refractivity contribution in [3.63, 3.8) is 0 Å². The SMILES string of the molecule is COC(=O)C[C@@H](NC(=O)c1cccc(CS(C)(=O)=O)c1)c1cccs1. The van der Waals surface area contributed by atoms with Crippen LogP contribution < -0.4 is 5.32 Å². The molecule has 2 rings (SSSR count). The molecule has 8 heteroatoms. The zero-order valence-electron chi connectivity index (χ0n) is 13.9. The second-order valence-corrected chi connectivity index (χ2v) is 8.71. The van der Waals surface area contributed by atoms with Crippen molar-refractivity contribution in [1.29, 1.82) is 0 Å². The molecule has 0 aliphatic heterocycles. The number of carbonyl (C=O) groups excluding carboxylic acids is 2. The highest BCUT2D eigenvalue weighted by atomic mass is 32.2. The van der Waals surface area contributed by atoms with Crippen LogP contribution >= 0.6 is 11.3 Å². The molecule has 0 fully saturated rings. The predicted octanol–water partition coefficient (Wildman–Crippen LogP) is 2.33. The summed E-state index contributed by atoms with van der Waals surface area (Å²) in [6.07, 6.45) is 1.16. The molecular formula is C17H19NO5S2. The van der Waals surface area contributed by atoms with Crippen LogP contribution in [0.1, 0.15) is 33.3 Å². The molecule has 1 aromatic carbocycles. The first-order valence-corrected chi connectivity index (χ1v) is 10.4. The van der Waals surface area contributed by atoms with Crippen LogP contribution in [-0.2, 0) is 25.1 Å². The van der Waals surface area contributed by atoms with E-state index >= 15 is 0 Å². The molecule has 2 aromatic rings. The van der Waals surface area contributed by atoms with Gasteiger partial charge in [-0.2, -0.15) is 0 Å². The molecule has 1 heterocycles. The predicted molar refractivity (Wildman–Crippen MR) is 96.1 cm³/mol. The summed E-state index contributed by atoms with van der Waals surface area (Å²) in [5.74, 6) is -0.938. The Bertz CT molecular complexity index is 844. The van der Waals surface area contributed by atoms with Crippen molar-refractivity contribution in [3.05, 3.63) is 57.8 Å². The fourth-order valence-electron chi connectivity index (χ4n) is 2.31. The van der Waals surface area contributed by atoms with Gasteiger partial charge in [-0.25, -0.2) is 8.42 Å². The van der Waals surface area contributed by atoms with E-state index in [2.05, 4.69) is 10.1 Å². The van der Waals surface area contributed by atoms with E-state index in [4.69, 9.17) is 0 Å². The standard InChI is InChI=1S/C17H19NO5S2/c1-23-16(19)10-14(15-7-4-8-24-15)18-17(20)13-6-3-5-12(9-13)11-25(2,21)22/h3-9,14H,10-11H2,1-2H3,(H,18,20)/t14-/m1/s1. The summed E-state index contributed by atoms with van der Waals surface area (Å²) >= 11 is 1.43. The van der Waals surface area contributed by atoms with Gasteiger partial charge < -0.3 is 10.1 Å². The van der Waals surface area contributed by atoms with Gasteiger partial charge in [0.15, 0.2) is 9.84 Å². The van der Waals surface area contributed by atoms with E-state index in [-0.39, 0.29) is 18.1 Å². The van der Waals surface area contributed by atoms with E-state index in [9.17, 15) is 18.0 Å². The molecule has 0 unspecified atom stereocenters. The van der Waals surface area contributed by atoms with E-state index < -0.39 is 21.8 Å². The fourth-order valence-corrected chi connectivity index (χ4v) is 3.87. The minimum atomic E-state index is -3.19. The Morgan fingerprint density at radius 2 is 2.00 bits per heavy atom. The summed E-state index contributed by atoms with van der Waals surface area (Å²) in [4.78, 5) is 25.0. The Hall–Kier alpha value is -2.19. The van der Waals surface area contributed by atoms with Crippen LogP contribution in [0.5, 0.6) is 0 Å². The number of carbonyl (C=O) groups is 2. The maximum Gasteiger partial charge on any atom is 0.307 e. The number of rotatable bonds is 7. The van der Waals surface area contributed by atoms with Gasteiger partial charge in [0.2, 0.25) is 0 Å². The Morgan fingerprint density at radius 3 is 2.60 bits per heavy atom. The lowest BCUT2D eigenvalue weighted by atomic mass is 10.1. The topological polar surface area (TPSA) is 89.5 Å². The van der Waals surface area contributed by atoms with Gasteiger partial charge in [-0.15, -0.1) is 11.3 Å². The van der Waals surface area contributed by atoms with Gasteiger partial charge in [-0.3, -0.25) is 9.59 Å². The first kappa shape index (κ1) is 19.1. The minimum Gasteiger partial charge on any atom is -0.469 e. The van der Waals surface area contributed by atoms with Crippen LogP contribution in [0.3, 0.4) is 0 Å². The smallest absolute Gasteiger partial charge is 0.307 e. The molecule has 0 radical (unpaired) electrons.